The summed E-state index contributed by atoms with van der Waals surface area (Å²) in [6.07, 6.45) is 0. The lowest BCUT2D eigenvalue weighted by molar-refractivity contribution is -0.125. The number of nitrogens with two attached hydrogens (primary N) is 1. The van der Waals surface area contributed by atoms with Crippen molar-refractivity contribution in [3.63, 3.8) is 0 Å². The quantitative estimate of drug-likeness (QED) is 0.763. The molecule has 0 fully saturated rings. The minimum atomic E-state index is -0.601. The van der Waals surface area contributed by atoms with E-state index in [1.54, 1.807) is 6.07 Å². The predicted octanol–water partition coefficient (Wildman–Crippen LogP) is 1.80. The highest BCUT2D eigenvalue weighted by Crippen LogP contribution is 2.20. The summed E-state index contributed by atoms with van der Waals surface area (Å²) in [5.74, 6) is -0.573. The molecule has 1 atom stereocenters. The lowest BCUT2D eigenvalue weighted by Gasteiger charge is -2.15. The van der Waals surface area contributed by atoms with Gasteiger partial charge in [0.1, 0.15) is 0 Å². The molecular formula is C14H20BrN3O2. The zero-order valence-corrected chi connectivity index (χ0v) is 13.5. The Morgan fingerprint density at radius 2 is 2.00 bits per heavy atom. The number of amides is 2. The van der Waals surface area contributed by atoms with E-state index in [2.05, 4.69) is 26.6 Å². The molecular weight excluding hydrogens is 322 g/mol. The molecule has 1 rings (SSSR count). The van der Waals surface area contributed by atoms with Crippen LogP contribution < -0.4 is 16.4 Å². The first kappa shape index (κ1) is 16.7. The van der Waals surface area contributed by atoms with E-state index in [9.17, 15) is 9.59 Å². The normalized spacial score (nSPS) is 12.1. The highest BCUT2D eigenvalue weighted by Gasteiger charge is 2.17. The van der Waals surface area contributed by atoms with Crippen LogP contribution in [0.3, 0.4) is 0 Å². The average Bonchev–Trinajstić information content (AvgIpc) is 2.39. The summed E-state index contributed by atoms with van der Waals surface area (Å²) in [6.45, 7) is 5.58. The van der Waals surface area contributed by atoms with E-state index in [0.717, 1.165) is 10.0 Å². The molecule has 0 bridgehead atoms. The molecule has 110 valence electrons. The summed E-state index contributed by atoms with van der Waals surface area (Å²) in [5, 5.41) is 5.23. The number of carbonyl (C=O) groups is 2. The van der Waals surface area contributed by atoms with Crippen LogP contribution in [0, 0.1) is 12.8 Å². The highest BCUT2D eigenvalue weighted by molar-refractivity contribution is 9.10. The number of rotatable bonds is 5. The van der Waals surface area contributed by atoms with Crippen molar-refractivity contribution in [2.24, 2.45) is 11.7 Å². The Morgan fingerprint density at radius 3 is 2.55 bits per heavy atom. The maximum absolute atomic E-state index is 11.7. The Labute approximate surface area is 127 Å². The smallest absolute Gasteiger partial charge is 0.243 e. The van der Waals surface area contributed by atoms with Crippen molar-refractivity contribution in [3.05, 3.63) is 28.2 Å². The minimum absolute atomic E-state index is 0.0334. The molecule has 0 unspecified atom stereocenters. The van der Waals surface area contributed by atoms with Gasteiger partial charge in [-0.3, -0.25) is 9.59 Å². The topological polar surface area (TPSA) is 84.2 Å². The zero-order chi connectivity index (χ0) is 15.3. The van der Waals surface area contributed by atoms with E-state index in [4.69, 9.17) is 5.73 Å². The fourth-order valence-electron chi connectivity index (χ4n) is 1.46. The molecule has 6 heteroatoms. The first-order valence-electron chi connectivity index (χ1n) is 6.40. The summed E-state index contributed by atoms with van der Waals surface area (Å²) in [4.78, 5) is 23.3. The molecule has 2 amide bonds. The van der Waals surface area contributed by atoms with Crippen LogP contribution in [0.15, 0.2) is 22.7 Å². The maximum atomic E-state index is 11.7. The molecule has 20 heavy (non-hydrogen) atoms. The van der Waals surface area contributed by atoms with Crippen molar-refractivity contribution in [1.29, 1.82) is 0 Å². The minimum Gasteiger partial charge on any atom is -0.346 e. The summed E-state index contributed by atoms with van der Waals surface area (Å²) < 4.78 is 0.918. The monoisotopic (exact) mass is 341 g/mol. The number of halogens is 1. The van der Waals surface area contributed by atoms with Gasteiger partial charge in [0.25, 0.3) is 0 Å². The molecule has 0 spiro atoms. The number of benzene rings is 1. The van der Waals surface area contributed by atoms with Gasteiger partial charge in [0, 0.05) is 10.2 Å². The molecule has 1 aromatic rings. The van der Waals surface area contributed by atoms with E-state index in [1.807, 2.05) is 32.9 Å². The Balaban J connectivity index is 2.48. The van der Waals surface area contributed by atoms with Crippen LogP contribution in [0.4, 0.5) is 5.69 Å². The van der Waals surface area contributed by atoms with Gasteiger partial charge in [-0.2, -0.15) is 0 Å². The largest absolute Gasteiger partial charge is 0.346 e. The molecule has 4 N–H and O–H groups in total. The van der Waals surface area contributed by atoms with E-state index >= 15 is 0 Å². The second-order valence-corrected chi connectivity index (χ2v) is 5.85. The van der Waals surface area contributed by atoms with Gasteiger partial charge in [0.15, 0.2) is 0 Å². The number of hydrogen-bond donors (Lipinski definition) is 3. The van der Waals surface area contributed by atoms with Crippen molar-refractivity contribution in [3.8, 4) is 0 Å². The van der Waals surface area contributed by atoms with Crippen molar-refractivity contribution in [2.45, 2.75) is 26.8 Å². The van der Waals surface area contributed by atoms with Gasteiger partial charge in [-0.15, -0.1) is 0 Å². The van der Waals surface area contributed by atoms with Crippen LogP contribution in [-0.4, -0.2) is 24.4 Å². The SMILES string of the molecule is Cc1ccc(NC(=O)CNC(=O)[C@@H](N)C(C)C)cc1Br. The van der Waals surface area contributed by atoms with Crippen LogP contribution in [0.1, 0.15) is 19.4 Å². The second-order valence-electron chi connectivity index (χ2n) is 5.00. The molecule has 0 aliphatic heterocycles. The third kappa shape index (κ3) is 4.94. The number of anilines is 1. The Bertz CT molecular complexity index is 503. The molecule has 0 saturated carbocycles. The molecule has 0 radical (unpaired) electrons. The summed E-state index contributed by atoms with van der Waals surface area (Å²) >= 11 is 3.40. The van der Waals surface area contributed by atoms with Gasteiger partial charge in [-0.25, -0.2) is 0 Å². The van der Waals surface area contributed by atoms with Gasteiger partial charge < -0.3 is 16.4 Å². The summed E-state index contributed by atoms with van der Waals surface area (Å²) in [6, 6.07) is 4.91. The summed E-state index contributed by atoms with van der Waals surface area (Å²) in [5.41, 5.74) is 7.44. The van der Waals surface area contributed by atoms with E-state index in [1.165, 1.54) is 0 Å². The molecule has 0 heterocycles. The molecule has 0 aromatic heterocycles. The standard InChI is InChI=1S/C14H20BrN3O2/c1-8(2)13(16)14(20)17-7-12(19)18-10-5-4-9(3)11(15)6-10/h4-6,8,13H,7,16H2,1-3H3,(H,17,20)(H,18,19)/t13-/m0/s1. The zero-order valence-electron chi connectivity index (χ0n) is 11.9. The first-order valence-corrected chi connectivity index (χ1v) is 7.20. The third-order valence-electron chi connectivity index (χ3n) is 2.90. The van der Waals surface area contributed by atoms with Crippen molar-refractivity contribution in [1.82, 2.24) is 5.32 Å². The summed E-state index contributed by atoms with van der Waals surface area (Å²) in [7, 11) is 0. The number of aryl methyl sites for hydroxylation is 1. The molecule has 0 saturated heterocycles. The van der Waals surface area contributed by atoms with Crippen molar-refractivity contribution < 1.29 is 9.59 Å². The van der Waals surface area contributed by atoms with Gasteiger partial charge in [0.05, 0.1) is 12.6 Å². The van der Waals surface area contributed by atoms with Gasteiger partial charge in [-0.05, 0) is 30.5 Å². The van der Waals surface area contributed by atoms with Crippen LogP contribution in [-0.2, 0) is 9.59 Å². The third-order valence-corrected chi connectivity index (χ3v) is 3.75. The van der Waals surface area contributed by atoms with Gasteiger partial charge in [0.2, 0.25) is 11.8 Å². The van der Waals surface area contributed by atoms with Crippen LogP contribution in [0.25, 0.3) is 0 Å². The fourth-order valence-corrected chi connectivity index (χ4v) is 1.84. The van der Waals surface area contributed by atoms with Crippen molar-refractivity contribution in [2.75, 3.05) is 11.9 Å². The van der Waals surface area contributed by atoms with E-state index in [0.29, 0.717) is 5.69 Å². The maximum Gasteiger partial charge on any atom is 0.243 e. The second kappa shape index (κ2) is 7.40. The molecule has 1 aromatic carbocycles. The molecule has 0 aliphatic carbocycles. The van der Waals surface area contributed by atoms with Crippen LogP contribution >= 0.6 is 15.9 Å². The molecule has 5 nitrogen and oxygen atoms in total. The fraction of sp³-hybridized carbons (Fsp3) is 0.429. The van der Waals surface area contributed by atoms with E-state index < -0.39 is 6.04 Å². The van der Waals surface area contributed by atoms with E-state index in [-0.39, 0.29) is 24.3 Å². The Morgan fingerprint density at radius 1 is 1.35 bits per heavy atom. The van der Waals surface area contributed by atoms with Crippen LogP contribution in [0.2, 0.25) is 0 Å². The number of hydrogen-bond acceptors (Lipinski definition) is 3. The number of carbonyl (C=O) groups excluding carboxylic acids is 2. The number of nitrogens with one attached hydrogen (secondary N) is 2. The molecule has 0 aliphatic rings. The highest BCUT2D eigenvalue weighted by atomic mass is 79.9. The average molecular weight is 342 g/mol. The first-order chi connectivity index (χ1) is 9.31. The van der Waals surface area contributed by atoms with Gasteiger partial charge in [-0.1, -0.05) is 35.8 Å². The Kier molecular flexibility index (Phi) is 6.16. The Hall–Kier alpha value is -1.40. The van der Waals surface area contributed by atoms with Gasteiger partial charge >= 0.3 is 0 Å². The predicted molar refractivity (Wildman–Crippen MR) is 83.3 cm³/mol. The lowest BCUT2D eigenvalue weighted by atomic mass is 10.1. The lowest BCUT2D eigenvalue weighted by Crippen LogP contribution is -2.46. The van der Waals surface area contributed by atoms with Crippen molar-refractivity contribution >= 4 is 33.4 Å². The van der Waals surface area contributed by atoms with Crippen LogP contribution in [0.5, 0.6) is 0 Å².